The first kappa shape index (κ1) is 27.5. The smallest absolute Gasteiger partial charge is 0.330 e. The van der Waals surface area contributed by atoms with Crippen LogP contribution < -0.4 is 0 Å². The van der Waals surface area contributed by atoms with E-state index in [-0.39, 0.29) is 11.1 Å². The number of unbranched alkanes of at least 4 members (excludes halogenated alkanes) is 5. The second kappa shape index (κ2) is 18.0. The molecule has 0 saturated heterocycles. The first-order valence-corrected chi connectivity index (χ1v) is 8.15. The minimum Gasteiger partial charge on any atom is -0.478 e. The summed E-state index contributed by atoms with van der Waals surface area (Å²) in [6, 6.07) is 0. The van der Waals surface area contributed by atoms with Crippen molar-refractivity contribution in [3.05, 3.63) is 36.5 Å². The van der Waals surface area contributed by atoms with E-state index < -0.39 is 17.9 Å². The summed E-state index contributed by atoms with van der Waals surface area (Å²) in [5, 5.41) is 24.3. The van der Waals surface area contributed by atoms with Crippen LogP contribution in [0.2, 0.25) is 0 Å². The van der Waals surface area contributed by atoms with Gasteiger partial charge in [0.15, 0.2) is 0 Å². The van der Waals surface area contributed by atoms with Gasteiger partial charge in [-0.05, 0) is 26.7 Å². The van der Waals surface area contributed by atoms with Crippen LogP contribution in [0.5, 0.6) is 0 Å². The quantitative estimate of drug-likeness (QED) is 0.387. The van der Waals surface area contributed by atoms with E-state index in [9.17, 15) is 14.4 Å². The molecule has 0 aliphatic rings. The molecular weight excluding hydrogens is 324 g/mol. The Morgan fingerprint density at radius 1 is 0.680 bits per heavy atom. The minimum absolute atomic E-state index is 0.176. The van der Waals surface area contributed by atoms with E-state index >= 15 is 0 Å². The van der Waals surface area contributed by atoms with Crippen molar-refractivity contribution in [2.45, 2.75) is 65.7 Å². The maximum Gasteiger partial charge on any atom is 0.330 e. The molecule has 0 rings (SSSR count). The monoisotopic (exact) mass is 356 g/mol. The topological polar surface area (TPSA) is 112 Å². The van der Waals surface area contributed by atoms with Crippen molar-refractivity contribution in [2.24, 2.45) is 0 Å². The molecule has 0 aromatic rings. The van der Waals surface area contributed by atoms with Gasteiger partial charge >= 0.3 is 17.9 Å². The van der Waals surface area contributed by atoms with Crippen LogP contribution in [-0.2, 0) is 14.4 Å². The molecule has 6 heteroatoms. The van der Waals surface area contributed by atoms with Crippen molar-refractivity contribution < 1.29 is 29.7 Å². The average molecular weight is 356 g/mol. The molecule has 0 spiro atoms. The molecule has 0 aromatic carbocycles. The molecule has 0 unspecified atom stereocenters. The summed E-state index contributed by atoms with van der Waals surface area (Å²) in [4.78, 5) is 29.6. The summed E-state index contributed by atoms with van der Waals surface area (Å²) in [6.45, 7) is 14.9. The molecule has 0 atom stereocenters. The Labute approximate surface area is 150 Å². The normalized spacial score (nSPS) is 8.76. The highest BCUT2D eigenvalue weighted by atomic mass is 16.4. The third-order valence-corrected chi connectivity index (χ3v) is 2.86. The number of aliphatic carboxylic acids is 3. The first-order chi connectivity index (χ1) is 11.5. The maximum absolute atomic E-state index is 10.4. The summed E-state index contributed by atoms with van der Waals surface area (Å²) in [5.74, 6) is -2.72. The molecule has 6 nitrogen and oxygen atoms in total. The van der Waals surface area contributed by atoms with E-state index in [2.05, 4.69) is 26.7 Å². The van der Waals surface area contributed by atoms with Crippen LogP contribution in [-0.4, -0.2) is 33.2 Å². The van der Waals surface area contributed by atoms with Crippen LogP contribution in [0.15, 0.2) is 36.5 Å². The molecule has 0 saturated carbocycles. The van der Waals surface area contributed by atoms with Crippen molar-refractivity contribution in [1.82, 2.24) is 0 Å². The van der Waals surface area contributed by atoms with E-state index in [1.54, 1.807) is 0 Å². The zero-order valence-corrected chi connectivity index (χ0v) is 15.6. The predicted octanol–water partition coefficient (Wildman–Crippen LogP) is 4.67. The lowest BCUT2D eigenvalue weighted by Crippen LogP contribution is -1.98. The number of carboxylic acid groups (broad SMARTS) is 3. The Morgan fingerprint density at radius 3 is 1.28 bits per heavy atom. The predicted molar refractivity (Wildman–Crippen MR) is 99.7 cm³/mol. The highest BCUT2D eigenvalue weighted by molar-refractivity contribution is 5.85. The van der Waals surface area contributed by atoms with Crippen LogP contribution in [0.25, 0.3) is 0 Å². The van der Waals surface area contributed by atoms with Gasteiger partial charge in [0, 0.05) is 16.7 Å². The number of hydrogen-bond acceptors (Lipinski definition) is 3. The largest absolute Gasteiger partial charge is 0.478 e. The summed E-state index contributed by atoms with van der Waals surface area (Å²) < 4.78 is 0. The Morgan fingerprint density at radius 2 is 1.00 bits per heavy atom. The molecule has 0 aromatic heterocycles. The Bertz CT molecular complexity index is 415. The average Bonchev–Trinajstić information content (AvgIpc) is 2.51. The molecule has 0 radical (unpaired) electrons. The molecule has 0 bridgehead atoms. The van der Waals surface area contributed by atoms with E-state index in [0.29, 0.717) is 12.0 Å². The number of hydrogen-bond donors (Lipinski definition) is 3. The third-order valence-electron chi connectivity index (χ3n) is 2.86. The fourth-order valence-corrected chi connectivity index (χ4v) is 1.23. The number of rotatable bonds is 10. The van der Waals surface area contributed by atoms with Crippen molar-refractivity contribution in [2.75, 3.05) is 0 Å². The van der Waals surface area contributed by atoms with Gasteiger partial charge in [0.25, 0.3) is 0 Å². The second-order valence-corrected chi connectivity index (χ2v) is 5.60. The van der Waals surface area contributed by atoms with E-state index in [0.717, 1.165) is 12.8 Å². The van der Waals surface area contributed by atoms with E-state index in [1.165, 1.54) is 39.5 Å². The lowest BCUT2D eigenvalue weighted by atomic mass is 10.1. The zero-order valence-electron chi connectivity index (χ0n) is 15.6. The van der Waals surface area contributed by atoms with Gasteiger partial charge in [0.05, 0.1) is 0 Å². The Hall–Kier alpha value is -2.37. The van der Waals surface area contributed by atoms with Crippen LogP contribution in [0.1, 0.15) is 65.7 Å². The number of carboxylic acids is 3. The van der Waals surface area contributed by atoms with Gasteiger partial charge in [0.2, 0.25) is 0 Å². The minimum atomic E-state index is -0.935. The summed E-state index contributed by atoms with van der Waals surface area (Å²) in [6.07, 6.45) is 7.78. The lowest BCUT2D eigenvalue weighted by Gasteiger charge is -2.00. The fraction of sp³-hybridized carbons (Fsp3) is 0.526. The van der Waals surface area contributed by atoms with Gasteiger partial charge in [-0.3, -0.25) is 0 Å². The molecule has 0 fully saturated rings. The summed E-state index contributed by atoms with van der Waals surface area (Å²) in [5.41, 5.74) is 0.695. The van der Waals surface area contributed by atoms with Gasteiger partial charge in [-0.1, -0.05) is 58.8 Å². The van der Waals surface area contributed by atoms with E-state index in [4.69, 9.17) is 15.3 Å². The Kier molecular flexibility index (Phi) is 19.8. The standard InChI is InChI=1S/C11H20O2.2C4H6O2/c1-3-4-5-6-7-8-9-10(2)11(12)13;2*1-3(2)4(5)6/h2-9H2,1H3,(H,12,13);2*1H2,2H3,(H,5,6). The van der Waals surface area contributed by atoms with Crippen molar-refractivity contribution in [3.8, 4) is 0 Å². The zero-order chi connectivity index (χ0) is 20.4. The van der Waals surface area contributed by atoms with Crippen molar-refractivity contribution in [1.29, 1.82) is 0 Å². The van der Waals surface area contributed by atoms with Crippen molar-refractivity contribution in [3.63, 3.8) is 0 Å². The van der Waals surface area contributed by atoms with Gasteiger partial charge in [0.1, 0.15) is 0 Å². The molecule has 0 aliphatic heterocycles. The van der Waals surface area contributed by atoms with Gasteiger partial charge < -0.3 is 15.3 Å². The molecule has 0 amide bonds. The second-order valence-electron chi connectivity index (χ2n) is 5.60. The molecule has 0 heterocycles. The molecule has 144 valence electrons. The first-order valence-electron chi connectivity index (χ1n) is 8.15. The molecule has 0 aliphatic carbocycles. The van der Waals surface area contributed by atoms with Gasteiger partial charge in [-0.15, -0.1) is 0 Å². The lowest BCUT2D eigenvalue weighted by molar-refractivity contribution is -0.133. The summed E-state index contributed by atoms with van der Waals surface area (Å²) >= 11 is 0. The highest BCUT2D eigenvalue weighted by Gasteiger charge is 2.02. The molecule has 25 heavy (non-hydrogen) atoms. The maximum atomic E-state index is 10.4. The molecular formula is C19H32O6. The SMILES string of the molecule is C=C(C)C(=O)O.C=C(C)C(=O)O.C=C(CCCCCCCC)C(=O)O. The number of carbonyl (C=O) groups is 3. The summed E-state index contributed by atoms with van der Waals surface area (Å²) in [7, 11) is 0. The van der Waals surface area contributed by atoms with Crippen molar-refractivity contribution >= 4 is 17.9 Å². The molecule has 3 N–H and O–H groups in total. The highest BCUT2D eigenvalue weighted by Crippen LogP contribution is 2.10. The van der Waals surface area contributed by atoms with Crippen LogP contribution in [0.4, 0.5) is 0 Å². The van der Waals surface area contributed by atoms with Crippen LogP contribution in [0.3, 0.4) is 0 Å². The van der Waals surface area contributed by atoms with Gasteiger partial charge in [-0.25, -0.2) is 14.4 Å². The van der Waals surface area contributed by atoms with Gasteiger partial charge in [-0.2, -0.15) is 0 Å². The van der Waals surface area contributed by atoms with E-state index in [1.807, 2.05) is 0 Å². The van der Waals surface area contributed by atoms with Crippen LogP contribution >= 0.6 is 0 Å². The van der Waals surface area contributed by atoms with Crippen LogP contribution in [0, 0.1) is 0 Å². The fourth-order valence-electron chi connectivity index (χ4n) is 1.23. The Balaban J connectivity index is -0.000000336. The third kappa shape index (κ3) is 26.8.